The molecule has 1 amide bonds. The highest BCUT2D eigenvalue weighted by Crippen LogP contribution is 2.29. The van der Waals surface area contributed by atoms with Crippen molar-refractivity contribution in [2.24, 2.45) is 5.92 Å². The van der Waals surface area contributed by atoms with Gasteiger partial charge in [-0.05, 0) is 43.9 Å². The van der Waals surface area contributed by atoms with E-state index in [-0.39, 0.29) is 11.8 Å². The maximum absolute atomic E-state index is 12.2. The van der Waals surface area contributed by atoms with Gasteiger partial charge in [0.05, 0.1) is 18.2 Å². The lowest BCUT2D eigenvalue weighted by atomic mass is 9.87. The van der Waals surface area contributed by atoms with Crippen molar-refractivity contribution in [2.45, 2.75) is 31.8 Å². The van der Waals surface area contributed by atoms with E-state index in [1.165, 1.54) is 0 Å². The summed E-state index contributed by atoms with van der Waals surface area (Å²) in [5.41, 5.74) is 0.703. The van der Waals surface area contributed by atoms with E-state index in [4.69, 9.17) is 21.1 Å². The van der Waals surface area contributed by atoms with E-state index in [9.17, 15) is 4.79 Å². The molecule has 110 valence electrons. The Hall–Kier alpha value is -1.26. The molecular weight excluding hydrogens is 278 g/mol. The second kappa shape index (κ2) is 6.95. The molecular formula is C15H20ClNO3. The van der Waals surface area contributed by atoms with Gasteiger partial charge in [0, 0.05) is 18.7 Å². The van der Waals surface area contributed by atoms with E-state index in [1.807, 2.05) is 0 Å². The van der Waals surface area contributed by atoms with E-state index in [0.29, 0.717) is 22.6 Å². The molecule has 1 aliphatic carbocycles. The quantitative estimate of drug-likeness (QED) is 0.925. The van der Waals surface area contributed by atoms with Crippen LogP contribution >= 0.6 is 11.6 Å². The monoisotopic (exact) mass is 297 g/mol. The van der Waals surface area contributed by atoms with Gasteiger partial charge in [0.15, 0.2) is 0 Å². The van der Waals surface area contributed by atoms with Gasteiger partial charge in [0.25, 0.3) is 0 Å². The van der Waals surface area contributed by atoms with E-state index in [0.717, 1.165) is 25.7 Å². The van der Waals surface area contributed by atoms with Crippen molar-refractivity contribution in [1.29, 1.82) is 0 Å². The first-order valence-electron chi connectivity index (χ1n) is 6.81. The van der Waals surface area contributed by atoms with E-state index < -0.39 is 0 Å². The minimum Gasteiger partial charge on any atom is -0.495 e. The molecule has 0 atom stereocenters. The summed E-state index contributed by atoms with van der Waals surface area (Å²) < 4.78 is 10.4. The van der Waals surface area contributed by atoms with Crippen LogP contribution in [0.25, 0.3) is 0 Å². The number of hydrogen-bond acceptors (Lipinski definition) is 3. The number of hydrogen-bond donors (Lipinski definition) is 1. The standard InChI is InChI=1S/C15H20ClNO3/c1-19-12-6-3-10(4-7-12)15(18)17-11-5-8-14(20-2)13(16)9-11/h5,8-10,12H,3-4,6-7H2,1-2H3,(H,17,18). The molecule has 1 aromatic carbocycles. The highest BCUT2D eigenvalue weighted by Gasteiger charge is 2.26. The molecule has 0 aliphatic heterocycles. The smallest absolute Gasteiger partial charge is 0.227 e. The molecule has 1 saturated carbocycles. The van der Waals surface area contributed by atoms with Crippen molar-refractivity contribution in [3.8, 4) is 5.75 Å². The summed E-state index contributed by atoms with van der Waals surface area (Å²) in [6.07, 6.45) is 3.92. The summed E-state index contributed by atoms with van der Waals surface area (Å²) in [4.78, 5) is 12.2. The molecule has 0 radical (unpaired) electrons. The van der Waals surface area contributed by atoms with E-state index in [2.05, 4.69) is 5.32 Å². The molecule has 5 heteroatoms. The Morgan fingerprint density at radius 2 is 1.95 bits per heavy atom. The van der Waals surface area contributed by atoms with Gasteiger partial charge in [-0.2, -0.15) is 0 Å². The van der Waals surface area contributed by atoms with Gasteiger partial charge in [-0.1, -0.05) is 11.6 Å². The highest BCUT2D eigenvalue weighted by atomic mass is 35.5. The molecule has 1 N–H and O–H groups in total. The number of rotatable bonds is 4. The van der Waals surface area contributed by atoms with Gasteiger partial charge in [-0.3, -0.25) is 4.79 Å². The van der Waals surface area contributed by atoms with Crippen LogP contribution in [0.4, 0.5) is 5.69 Å². The number of ether oxygens (including phenoxy) is 2. The summed E-state index contributed by atoms with van der Waals surface area (Å²) in [5, 5.41) is 3.41. The molecule has 4 nitrogen and oxygen atoms in total. The van der Waals surface area contributed by atoms with Crippen LogP contribution in [0.1, 0.15) is 25.7 Å². The molecule has 0 bridgehead atoms. The predicted molar refractivity (Wildman–Crippen MR) is 79.4 cm³/mol. The van der Waals surface area contributed by atoms with Gasteiger partial charge in [-0.15, -0.1) is 0 Å². The second-order valence-electron chi connectivity index (χ2n) is 5.05. The Balaban J connectivity index is 1.93. The van der Waals surface area contributed by atoms with Crippen LogP contribution in [0.5, 0.6) is 5.75 Å². The molecule has 0 unspecified atom stereocenters. The SMILES string of the molecule is COc1ccc(NC(=O)C2CCC(OC)CC2)cc1Cl. The molecule has 0 spiro atoms. The number of methoxy groups -OCH3 is 2. The molecule has 2 rings (SSSR count). The van der Waals surface area contributed by atoms with Gasteiger partial charge in [0.1, 0.15) is 5.75 Å². The first-order chi connectivity index (χ1) is 9.63. The Morgan fingerprint density at radius 3 is 2.50 bits per heavy atom. The van der Waals surface area contributed by atoms with Crippen molar-refractivity contribution in [1.82, 2.24) is 0 Å². The number of nitrogens with one attached hydrogen (secondary N) is 1. The molecule has 1 aliphatic rings. The minimum atomic E-state index is 0.0563. The average molecular weight is 298 g/mol. The topological polar surface area (TPSA) is 47.6 Å². The number of carbonyl (C=O) groups excluding carboxylic acids is 1. The highest BCUT2D eigenvalue weighted by molar-refractivity contribution is 6.32. The summed E-state index contributed by atoms with van der Waals surface area (Å²) in [7, 11) is 3.29. The molecule has 0 saturated heterocycles. The van der Waals surface area contributed by atoms with Gasteiger partial charge < -0.3 is 14.8 Å². The van der Waals surface area contributed by atoms with Crippen molar-refractivity contribution < 1.29 is 14.3 Å². The summed E-state index contributed by atoms with van der Waals surface area (Å²) in [5.74, 6) is 0.716. The fraction of sp³-hybridized carbons (Fsp3) is 0.533. The lowest BCUT2D eigenvalue weighted by molar-refractivity contribution is -0.121. The Bertz CT molecular complexity index is 470. The Kier molecular flexibility index (Phi) is 5.26. The van der Waals surface area contributed by atoms with Crippen LogP contribution in [-0.4, -0.2) is 26.2 Å². The fourth-order valence-corrected chi connectivity index (χ4v) is 2.81. The van der Waals surface area contributed by atoms with Gasteiger partial charge >= 0.3 is 0 Å². The number of benzene rings is 1. The van der Waals surface area contributed by atoms with Crippen LogP contribution in [0.2, 0.25) is 5.02 Å². The first kappa shape index (κ1) is 15.1. The molecule has 1 fully saturated rings. The Morgan fingerprint density at radius 1 is 1.25 bits per heavy atom. The number of halogens is 1. The zero-order valence-electron chi connectivity index (χ0n) is 11.8. The van der Waals surface area contributed by atoms with Crippen LogP contribution in [0.3, 0.4) is 0 Å². The third-order valence-corrected chi connectivity index (χ3v) is 4.09. The summed E-state index contributed by atoms with van der Waals surface area (Å²) >= 11 is 6.04. The number of anilines is 1. The van der Waals surface area contributed by atoms with Gasteiger partial charge in [-0.25, -0.2) is 0 Å². The molecule has 20 heavy (non-hydrogen) atoms. The predicted octanol–water partition coefficient (Wildman–Crippen LogP) is 3.49. The number of amides is 1. The maximum atomic E-state index is 12.2. The van der Waals surface area contributed by atoms with E-state index in [1.54, 1.807) is 32.4 Å². The normalized spacial score (nSPS) is 22.4. The van der Waals surface area contributed by atoms with Crippen molar-refractivity contribution in [2.75, 3.05) is 19.5 Å². The number of carbonyl (C=O) groups is 1. The van der Waals surface area contributed by atoms with Crippen molar-refractivity contribution >= 4 is 23.2 Å². The molecule has 0 heterocycles. The lowest BCUT2D eigenvalue weighted by Gasteiger charge is -2.26. The van der Waals surface area contributed by atoms with Crippen LogP contribution in [-0.2, 0) is 9.53 Å². The zero-order valence-corrected chi connectivity index (χ0v) is 12.6. The van der Waals surface area contributed by atoms with Crippen LogP contribution in [0, 0.1) is 5.92 Å². The van der Waals surface area contributed by atoms with Crippen molar-refractivity contribution in [3.05, 3.63) is 23.2 Å². The summed E-state index contributed by atoms with van der Waals surface area (Å²) in [6, 6.07) is 5.25. The maximum Gasteiger partial charge on any atom is 0.227 e. The third-order valence-electron chi connectivity index (χ3n) is 3.80. The van der Waals surface area contributed by atoms with Crippen LogP contribution < -0.4 is 10.1 Å². The zero-order chi connectivity index (χ0) is 14.5. The largest absolute Gasteiger partial charge is 0.495 e. The van der Waals surface area contributed by atoms with Gasteiger partial charge in [0.2, 0.25) is 5.91 Å². The second-order valence-corrected chi connectivity index (χ2v) is 5.46. The fourth-order valence-electron chi connectivity index (χ4n) is 2.55. The molecule has 1 aromatic rings. The Labute approximate surface area is 124 Å². The summed E-state index contributed by atoms with van der Waals surface area (Å²) in [6.45, 7) is 0. The third kappa shape index (κ3) is 3.64. The van der Waals surface area contributed by atoms with Crippen LogP contribution in [0.15, 0.2) is 18.2 Å². The average Bonchev–Trinajstić information content (AvgIpc) is 2.47. The van der Waals surface area contributed by atoms with E-state index >= 15 is 0 Å². The molecule has 0 aromatic heterocycles. The lowest BCUT2D eigenvalue weighted by Crippen LogP contribution is -2.29. The first-order valence-corrected chi connectivity index (χ1v) is 7.19. The van der Waals surface area contributed by atoms with Crippen molar-refractivity contribution in [3.63, 3.8) is 0 Å². The minimum absolute atomic E-state index is 0.0563.